The lowest BCUT2D eigenvalue weighted by Gasteiger charge is -2.18. The van der Waals surface area contributed by atoms with Crippen molar-refractivity contribution in [3.63, 3.8) is 0 Å². The van der Waals surface area contributed by atoms with Crippen LogP contribution in [-0.4, -0.2) is 35.7 Å². The van der Waals surface area contributed by atoms with Crippen LogP contribution in [-0.2, 0) is 17.9 Å². The molecule has 0 aliphatic heterocycles. The van der Waals surface area contributed by atoms with Gasteiger partial charge in [-0.05, 0) is 55.2 Å². The van der Waals surface area contributed by atoms with Crippen molar-refractivity contribution in [1.82, 2.24) is 5.32 Å². The SMILES string of the molecule is CCOc1cc(CNC(CCSC)C(=O)O)c(Br)cc1OCc1c(Cl)cccc1Cl. The van der Waals surface area contributed by atoms with Crippen molar-refractivity contribution in [3.8, 4) is 11.5 Å². The first-order valence-corrected chi connectivity index (χ1v) is 12.3. The van der Waals surface area contributed by atoms with Gasteiger partial charge in [-0.15, -0.1) is 0 Å². The summed E-state index contributed by atoms with van der Waals surface area (Å²) < 4.78 is 12.5. The fraction of sp³-hybridized carbons (Fsp3) is 0.381. The minimum absolute atomic E-state index is 0.193. The Balaban J connectivity index is 2.17. The third kappa shape index (κ3) is 7.24. The quantitative estimate of drug-likeness (QED) is 0.345. The van der Waals surface area contributed by atoms with E-state index in [0.717, 1.165) is 15.8 Å². The maximum atomic E-state index is 11.5. The van der Waals surface area contributed by atoms with Crippen LogP contribution < -0.4 is 14.8 Å². The fourth-order valence-electron chi connectivity index (χ4n) is 2.70. The van der Waals surface area contributed by atoms with Crippen molar-refractivity contribution in [2.45, 2.75) is 32.5 Å². The van der Waals surface area contributed by atoms with Crippen LogP contribution in [0.3, 0.4) is 0 Å². The van der Waals surface area contributed by atoms with E-state index in [2.05, 4.69) is 21.2 Å². The Kier molecular flexibility index (Phi) is 10.6. The fourth-order valence-corrected chi connectivity index (χ4v) is 4.14. The Labute approximate surface area is 199 Å². The highest BCUT2D eigenvalue weighted by molar-refractivity contribution is 9.10. The van der Waals surface area contributed by atoms with Crippen molar-refractivity contribution in [2.75, 3.05) is 18.6 Å². The number of aliphatic carboxylic acids is 1. The first kappa shape index (κ1) is 25.1. The molecular formula is C21H24BrCl2NO4S. The van der Waals surface area contributed by atoms with Gasteiger partial charge in [-0.25, -0.2) is 0 Å². The van der Waals surface area contributed by atoms with E-state index in [0.29, 0.717) is 46.7 Å². The molecule has 2 aromatic carbocycles. The van der Waals surface area contributed by atoms with Gasteiger partial charge in [-0.1, -0.05) is 45.2 Å². The van der Waals surface area contributed by atoms with Gasteiger partial charge in [0.25, 0.3) is 0 Å². The molecule has 1 atom stereocenters. The second kappa shape index (κ2) is 12.7. The third-order valence-corrected chi connectivity index (χ3v) is 6.38. The molecule has 0 bridgehead atoms. The first-order valence-electron chi connectivity index (χ1n) is 9.33. The predicted octanol–water partition coefficient (Wildman–Crippen LogP) is 6.03. The summed E-state index contributed by atoms with van der Waals surface area (Å²) in [6, 6.07) is 8.34. The molecule has 30 heavy (non-hydrogen) atoms. The summed E-state index contributed by atoms with van der Waals surface area (Å²) in [7, 11) is 0. The van der Waals surface area contributed by atoms with Crippen molar-refractivity contribution < 1.29 is 19.4 Å². The van der Waals surface area contributed by atoms with E-state index in [1.165, 1.54) is 0 Å². The van der Waals surface area contributed by atoms with Crippen molar-refractivity contribution >= 4 is 56.9 Å². The summed E-state index contributed by atoms with van der Waals surface area (Å²) in [6.07, 6.45) is 2.50. The zero-order chi connectivity index (χ0) is 22.1. The molecular weight excluding hydrogens is 513 g/mol. The van der Waals surface area contributed by atoms with Crippen LogP contribution in [0.4, 0.5) is 0 Å². The summed E-state index contributed by atoms with van der Waals surface area (Å²) in [5.74, 6) is 1.02. The number of halogens is 3. The third-order valence-electron chi connectivity index (χ3n) is 4.29. The van der Waals surface area contributed by atoms with Gasteiger partial charge in [-0.3, -0.25) is 4.79 Å². The van der Waals surface area contributed by atoms with Crippen LogP contribution in [0.25, 0.3) is 0 Å². The number of carboxylic acid groups (broad SMARTS) is 1. The van der Waals surface area contributed by atoms with Crippen LogP contribution >= 0.6 is 50.9 Å². The van der Waals surface area contributed by atoms with Gasteiger partial charge < -0.3 is 19.9 Å². The molecule has 0 amide bonds. The molecule has 9 heteroatoms. The summed E-state index contributed by atoms with van der Waals surface area (Å²) in [6.45, 7) is 2.92. The highest BCUT2D eigenvalue weighted by Crippen LogP contribution is 2.35. The monoisotopic (exact) mass is 535 g/mol. The number of hydrogen-bond donors (Lipinski definition) is 2. The second-order valence-electron chi connectivity index (χ2n) is 6.37. The number of thioether (sulfide) groups is 1. The Hall–Kier alpha value is -1.12. The van der Waals surface area contributed by atoms with Gasteiger partial charge in [0, 0.05) is 26.6 Å². The highest BCUT2D eigenvalue weighted by Gasteiger charge is 2.18. The van der Waals surface area contributed by atoms with E-state index in [-0.39, 0.29) is 6.61 Å². The van der Waals surface area contributed by atoms with E-state index >= 15 is 0 Å². The maximum Gasteiger partial charge on any atom is 0.320 e. The van der Waals surface area contributed by atoms with Gasteiger partial charge in [0.15, 0.2) is 11.5 Å². The molecule has 0 aliphatic rings. The highest BCUT2D eigenvalue weighted by atomic mass is 79.9. The molecule has 5 nitrogen and oxygen atoms in total. The molecule has 0 saturated carbocycles. The van der Waals surface area contributed by atoms with Crippen LogP contribution in [0.15, 0.2) is 34.8 Å². The zero-order valence-corrected chi connectivity index (χ0v) is 20.6. The number of carboxylic acids is 1. The molecule has 0 heterocycles. The van der Waals surface area contributed by atoms with E-state index in [9.17, 15) is 9.90 Å². The van der Waals surface area contributed by atoms with Crippen LogP contribution in [0.5, 0.6) is 11.5 Å². The Morgan fingerprint density at radius 1 is 1.23 bits per heavy atom. The number of benzene rings is 2. The van der Waals surface area contributed by atoms with Gasteiger partial charge in [0.2, 0.25) is 0 Å². The molecule has 0 aliphatic carbocycles. The number of nitrogens with one attached hydrogen (secondary N) is 1. The van der Waals surface area contributed by atoms with Crippen LogP contribution in [0, 0.1) is 0 Å². The average molecular weight is 537 g/mol. The largest absolute Gasteiger partial charge is 0.490 e. The molecule has 0 saturated heterocycles. The lowest BCUT2D eigenvalue weighted by molar-refractivity contribution is -0.139. The van der Waals surface area contributed by atoms with E-state index in [1.54, 1.807) is 30.0 Å². The molecule has 0 radical (unpaired) electrons. The van der Waals surface area contributed by atoms with E-state index < -0.39 is 12.0 Å². The number of ether oxygens (including phenoxy) is 2. The topological polar surface area (TPSA) is 67.8 Å². The van der Waals surface area contributed by atoms with Gasteiger partial charge in [0.1, 0.15) is 12.6 Å². The minimum atomic E-state index is -0.859. The zero-order valence-electron chi connectivity index (χ0n) is 16.7. The lowest BCUT2D eigenvalue weighted by atomic mass is 10.1. The molecule has 0 spiro atoms. The predicted molar refractivity (Wildman–Crippen MR) is 127 cm³/mol. The van der Waals surface area contributed by atoms with Crippen LogP contribution in [0.2, 0.25) is 10.0 Å². The molecule has 0 aromatic heterocycles. The Bertz CT molecular complexity index is 849. The smallest absolute Gasteiger partial charge is 0.320 e. The second-order valence-corrected chi connectivity index (χ2v) is 9.02. The Morgan fingerprint density at radius 2 is 1.90 bits per heavy atom. The van der Waals surface area contributed by atoms with Gasteiger partial charge in [0.05, 0.1) is 6.61 Å². The number of hydrogen-bond acceptors (Lipinski definition) is 5. The standard InChI is InChI=1S/C21H24BrCl2NO4S/c1-3-28-19-9-13(11-25-18(21(26)27)7-8-30-2)15(22)10-20(19)29-12-14-16(23)5-4-6-17(14)24/h4-6,9-10,18,25H,3,7-8,11-12H2,1-2H3,(H,26,27). The summed E-state index contributed by atoms with van der Waals surface area (Å²) in [4.78, 5) is 11.5. The van der Waals surface area contributed by atoms with Crippen molar-refractivity contribution in [3.05, 3.63) is 56.0 Å². The van der Waals surface area contributed by atoms with Crippen LogP contribution in [0.1, 0.15) is 24.5 Å². The minimum Gasteiger partial charge on any atom is -0.490 e. The average Bonchev–Trinajstić information content (AvgIpc) is 2.70. The molecule has 1 unspecified atom stereocenters. The van der Waals surface area contributed by atoms with Crippen molar-refractivity contribution in [2.24, 2.45) is 0 Å². The summed E-state index contributed by atoms with van der Waals surface area (Å²) in [5, 5.41) is 13.6. The number of rotatable bonds is 12. The molecule has 2 rings (SSSR count). The van der Waals surface area contributed by atoms with E-state index in [1.807, 2.05) is 25.3 Å². The first-order chi connectivity index (χ1) is 14.4. The molecule has 2 N–H and O–H groups in total. The maximum absolute atomic E-state index is 11.5. The van der Waals surface area contributed by atoms with Crippen molar-refractivity contribution in [1.29, 1.82) is 0 Å². The lowest BCUT2D eigenvalue weighted by Crippen LogP contribution is -2.36. The Morgan fingerprint density at radius 3 is 2.50 bits per heavy atom. The molecule has 164 valence electrons. The normalized spacial score (nSPS) is 11.9. The summed E-state index contributed by atoms with van der Waals surface area (Å²) >= 11 is 17.6. The van der Waals surface area contributed by atoms with E-state index in [4.69, 9.17) is 32.7 Å². The summed E-state index contributed by atoms with van der Waals surface area (Å²) in [5.41, 5.74) is 1.57. The molecule has 0 fully saturated rings. The van der Waals surface area contributed by atoms with Gasteiger partial charge in [-0.2, -0.15) is 11.8 Å². The van der Waals surface area contributed by atoms with Gasteiger partial charge >= 0.3 is 5.97 Å². The molecule has 2 aromatic rings. The number of carbonyl (C=O) groups is 1.